The Kier molecular flexibility index (Phi) is 5.53. The number of halogens is 1. The zero-order chi connectivity index (χ0) is 18.0. The largest absolute Gasteiger partial charge is 0.366 e. The van der Waals surface area contributed by atoms with Gasteiger partial charge < -0.3 is 10.3 Å². The van der Waals surface area contributed by atoms with Crippen LogP contribution in [0.1, 0.15) is 60.8 Å². The first-order chi connectivity index (χ1) is 12.0. The summed E-state index contributed by atoms with van der Waals surface area (Å²) in [6.45, 7) is 5.17. The molecule has 0 bridgehead atoms. The number of primary amides is 1. The Hall–Kier alpha value is -1.74. The number of carbonyl (C=O) groups is 1. The number of carbonyl (C=O) groups excluding carboxylic acids is 1. The van der Waals surface area contributed by atoms with Crippen molar-refractivity contribution in [2.45, 2.75) is 58.9 Å². The van der Waals surface area contributed by atoms with Gasteiger partial charge in [0.05, 0.1) is 5.56 Å². The molecule has 4 heteroatoms. The molecular weight excluding hydrogens is 332 g/mol. The molecule has 1 aliphatic carbocycles. The quantitative estimate of drug-likeness (QED) is 0.768. The second-order valence-corrected chi connectivity index (χ2v) is 7.56. The van der Waals surface area contributed by atoms with Crippen LogP contribution in [0.2, 0.25) is 5.02 Å². The lowest BCUT2D eigenvalue weighted by atomic mass is 9.89. The first-order valence-corrected chi connectivity index (χ1v) is 9.68. The molecule has 1 aromatic carbocycles. The van der Waals surface area contributed by atoms with Gasteiger partial charge in [-0.05, 0) is 49.8 Å². The average molecular weight is 359 g/mol. The van der Waals surface area contributed by atoms with E-state index in [9.17, 15) is 4.79 Å². The summed E-state index contributed by atoms with van der Waals surface area (Å²) in [4.78, 5) is 12.2. The molecule has 0 unspecified atom stereocenters. The molecule has 3 nitrogen and oxygen atoms in total. The fraction of sp³-hybridized carbons (Fsp3) is 0.476. The first kappa shape index (κ1) is 18.1. The Labute approximate surface area is 155 Å². The number of rotatable bonds is 5. The maximum atomic E-state index is 12.2. The van der Waals surface area contributed by atoms with Crippen molar-refractivity contribution in [3.63, 3.8) is 0 Å². The van der Waals surface area contributed by atoms with Gasteiger partial charge in [-0.2, -0.15) is 0 Å². The van der Waals surface area contributed by atoms with Crippen molar-refractivity contribution in [2.24, 2.45) is 11.7 Å². The van der Waals surface area contributed by atoms with Crippen LogP contribution in [0.5, 0.6) is 0 Å². The van der Waals surface area contributed by atoms with Gasteiger partial charge in [-0.15, -0.1) is 0 Å². The lowest BCUT2D eigenvalue weighted by Gasteiger charge is -2.24. The normalized spacial score (nSPS) is 15.5. The lowest BCUT2D eigenvalue weighted by Crippen LogP contribution is -2.17. The molecule has 1 heterocycles. The molecule has 2 aromatic rings. The number of benzene rings is 1. The zero-order valence-electron chi connectivity index (χ0n) is 15.1. The lowest BCUT2D eigenvalue weighted by molar-refractivity contribution is 0.1000. The fourth-order valence-electron chi connectivity index (χ4n) is 4.27. The smallest absolute Gasteiger partial charge is 0.251 e. The van der Waals surface area contributed by atoms with Gasteiger partial charge in [-0.1, -0.05) is 49.9 Å². The van der Waals surface area contributed by atoms with Gasteiger partial charge in [0, 0.05) is 28.5 Å². The molecule has 2 N–H and O–H groups in total. The van der Waals surface area contributed by atoms with Crippen LogP contribution in [0, 0.1) is 12.8 Å². The topological polar surface area (TPSA) is 48.0 Å². The molecule has 134 valence electrons. The standard InChI is InChI=1S/C21H27ClN2O/c1-3-18-20(16-9-11-17(22)12-10-16)19(21(23)25)14(2)24(18)13-15-7-5-4-6-8-15/h9-12,15H,3-8,13H2,1-2H3,(H2,23,25). The predicted molar refractivity (Wildman–Crippen MR) is 104 cm³/mol. The van der Waals surface area contributed by atoms with Gasteiger partial charge in [0.25, 0.3) is 5.91 Å². The van der Waals surface area contributed by atoms with E-state index < -0.39 is 0 Å². The number of nitrogens with two attached hydrogens (primary N) is 1. The molecule has 0 saturated heterocycles. The van der Waals surface area contributed by atoms with Crippen LogP contribution >= 0.6 is 11.6 Å². The van der Waals surface area contributed by atoms with Crippen molar-refractivity contribution in [1.29, 1.82) is 0 Å². The molecule has 1 fully saturated rings. The van der Waals surface area contributed by atoms with Crippen LogP contribution in [0.4, 0.5) is 0 Å². The third kappa shape index (κ3) is 3.62. The number of amides is 1. The van der Waals surface area contributed by atoms with E-state index >= 15 is 0 Å². The van der Waals surface area contributed by atoms with Crippen molar-refractivity contribution in [1.82, 2.24) is 4.57 Å². The van der Waals surface area contributed by atoms with E-state index in [0.717, 1.165) is 29.8 Å². The minimum Gasteiger partial charge on any atom is -0.366 e. The third-order valence-corrected chi connectivity index (χ3v) is 5.76. The van der Waals surface area contributed by atoms with E-state index in [4.69, 9.17) is 17.3 Å². The summed E-state index contributed by atoms with van der Waals surface area (Å²) in [5, 5.41) is 0.695. The fourth-order valence-corrected chi connectivity index (χ4v) is 4.40. The summed E-state index contributed by atoms with van der Waals surface area (Å²) < 4.78 is 2.35. The maximum absolute atomic E-state index is 12.2. The highest BCUT2D eigenvalue weighted by atomic mass is 35.5. The molecule has 0 radical (unpaired) electrons. The molecule has 25 heavy (non-hydrogen) atoms. The Morgan fingerprint density at radius 2 is 1.84 bits per heavy atom. The maximum Gasteiger partial charge on any atom is 0.251 e. The van der Waals surface area contributed by atoms with Gasteiger partial charge in [0.2, 0.25) is 0 Å². The van der Waals surface area contributed by atoms with Crippen molar-refractivity contribution in [3.05, 3.63) is 46.2 Å². The van der Waals surface area contributed by atoms with Crippen molar-refractivity contribution >= 4 is 17.5 Å². The van der Waals surface area contributed by atoms with E-state index in [1.807, 2.05) is 31.2 Å². The van der Waals surface area contributed by atoms with Crippen molar-refractivity contribution in [3.8, 4) is 11.1 Å². The molecule has 0 spiro atoms. The summed E-state index contributed by atoms with van der Waals surface area (Å²) >= 11 is 6.04. The molecule has 3 rings (SSSR count). The van der Waals surface area contributed by atoms with Crippen molar-refractivity contribution < 1.29 is 4.79 Å². The van der Waals surface area contributed by atoms with Gasteiger partial charge >= 0.3 is 0 Å². The molecule has 0 atom stereocenters. The summed E-state index contributed by atoms with van der Waals surface area (Å²) in [6.07, 6.45) is 7.42. The van der Waals surface area contributed by atoms with E-state index in [-0.39, 0.29) is 5.91 Å². The monoisotopic (exact) mass is 358 g/mol. The number of hydrogen-bond donors (Lipinski definition) is 1. The predicted octanol–water partition coefficient (Wildman–Crippen LogP) is 5.36. The molecule has 1 aromatic heterocycles. The van der Waals surface area contributed by atoms with Crippen LogP contribution in [0.15, 0.2) is 24.3 Å². The van der Waals surface area contributed by atoms with Crippen LogP contribution < -0.4 is 5.73 Å². The minimum atomic E-state index is -0.348. The molecule has 1 saturated carbocycles. The van der Waals surface area contributed by atoms with Crippen LogP contribution in [-0.4, -0.2) is 10.5 Å². The average Bonchev–Trinajstić information content (AvgIpc) is 2.88. The summed E-state index contributed by atoms with van der Waals surface area (Å²) in [7, 11) is 0. The molecular formula is C21H27ClN2O. The Bertz CT molecular complexity index is 755. The van der Waals surface area contributed by atoms with E-state index in [2.05, 4.69) is 11.5 Å². The number of nitrogens with zero attached hydrogens (tertiary/aromatic N) is 1. The SMILES string of the molecule is CCc1c(-c2ccc(Cl)cc2)c(C(N)=O)c(C)n1CC1CCCCC1. The van der Waals surface area contributed by atoms with E-state index in [1.165, 1.54) is 37.8 Å². The highest BCUT2D eigenvalue weighted by Crippen LogP contribution is 2.35. The highest BCUT2D eigenvalue weighted by molar-refractivity contribution is 6.30. The van der Waals surface area contributed by atoms with Gasteiger partial charge in [0.1, 0.15) is 0 Å². The van der Waals surface area contributed by atoms with E-state index in [0.29, 0.717) is 16.5 Å². The summed E-state index contributed by atoms with van der Waals surface area (Å²) in [6, 6.07) is 7.70. The van der Waals surface area contributed by atoms with Crippen LogP contribution in [0.3, 0.4) is 0 Å². The van der Waals surface area contributed by atoms with Gasteiger partial charge in [0.15, 0.2) is 0 Å². The van der Waals surface area contributed by atoms with Crippen molar-refractivity contribution in [2.75, 3.05) is 0 Å². The van der Waals surface area contributed by atoms with Crippen LogP contribution in [0.25, 0.3) is 11.1 Å². The molecule has 0 aliphatic heterocycles. The minimum absolute atomic E-state index is 0.348. The summed E-state index contributed by atoms with van der Waals surface area (Å²) in [5.74, 6) is 0.350. The Balaban J connectivity index is 2.10. The van der Waals surface area contributed by atoms with Crippen LogP contribution in [-0.2, 0) is 13.0 Å². The summed E-state index contributed by atoms with van der Waals surface area (Å²) in [5.41, 5.74) is 10.6. The van der Waals surface area contributed by atoms with Gasteiger partial charge in [-0.25, -0.2) is 0 Å². The number of hydrogen-bond acceptors (Lipinski definition) is 1. The Morgan fingerprint density at radius 1 is 1.20 bits per heavy atom. The highest BCUT2D eigenvalue weighted by Gasteiger charge is 2.25. The molecule has 1 amide bonds. The Morgan fingerprint density at radius 3 is 2.40 bits per heavy atom. The molecule has 1 aliphatic rings. The van der Waals surface area contributed by atoms with Gasteiger partial charge in [-0.3, -0.25) is 4.79 Å². The number of aromatic nitrogens is 1. The second-order valence-electron chi connectivity index (χ2n) is 7.12. The third-order valence-electron chi connectivity index (χ3n) is 5.51. The zero-order valence-corrected chi connectivity index (χ0v) is 15.9. The van der Waals surface area contributed by atoms with E-state index in [1.54, 1.807) is 0 Å². The second kappa shape index (κ2) is 7.65. The first-order valence-electron chi connectivity index (χ1n) is 9.30.